The van der Waals surface area contributed by atoms with Crippen molar-refractivity contribution in [3.8, 4) is 0 Å². The number of aromatic amines is 1. The molecule has 0 amide bonds. The first kappa shape index (κ1) is 14.6. The Morgan fingerprint density at radius 2 is 2.25 bits per heavy atom. The van der Waals surface area contributed by atoms with Crippen molar-refractivity contribution in [2.75, 3.05) is 6.61 Å². The lowest BCUT2D eigenvalue weighted by Crippen LogP contribution is -2.27. The molecule has 1 unspecified atom stereocenters. The summed E-state index contributed by atoms with van der Waals surface area (Å²) >= 11 is 0. The number of nitrogens with zero attached hydrogens (tertiary/aromatic N) is 3. The Labute approximate surface area is 111 Å². The van der Waals surface area contributed by atoms with Crippen molar-refractivity contribution < 1.29 is 29.2 Å². The number of fused-ring (bicyclic) bond motifs is 1. The maximum Gasteiger partial charge on any atom is 0.543 e. The van der Waals surface area contributed by atoms with E-state index >= 15 is 0 Å². The summed E-state index contributed by atoms with van der Waals surface area (Å²) in [5, 5.41) is 25.9. The summed E-state index contributed by atoms with van der Waals surface area (Å²) in [6, 6.07) is 0. The summed E-state index contributed by atoms with van der Waals surface area (Å²) in [6.07, 6.45) is -0.286. The number of phosphoric acid groups is 1. The number of hydrogen-bond acceptors (Lipinski definition) is 7. The maximum atomic E-state index is 11.0. The number of aliphatic hydroxyl groups is 2. The molecule has 0 saturated carbocycles. The van der Waals surface area contributed by atoms with Crippen LogP contribution in [0.1, 0.15) is 5.82 Å². The Kier molecular flexibility index (Phi) is 3.88. The topological polar surface area (TPSA) is 178 Å². The van der Waals surface area contributed by atoms with Gasteiger partial charge in [-0.2, -0.15) is 0 Å². The van der Waals surface area contributed by atoms with Crippen molar-refractivity contribution in [3.63, 3.8) is 0 Å². The highest BCUT2D eigenvalue weighted by molar-refractivity contribution is 7.46. The van der Waals surface area contributed by atoms with Gasteiger partial charge in [0.25, 0.3) is 0 Å². The smallest absolute Gasteiger partial charge is 0.394 e. The molecule has 0 aliphatic rings. The quantitative estimate of drug-likeness (QED) is 0.332. The molecule has 20 heavy (non-hydrogen) atoms. The minimum atomic E-state index is -4.90. The standard InChI is InChI=1S/C8H12N5O6P/c9-7-6-8(11-3-10-6)13(19-20(16,17)18)5(12-7)1-4(15)2-14/h3-4,9,14-15H,1-2H2,(H,10,11)(H2,16,17,18). The van der Waals surface area contributed by atoms with Crippen molar-refractivity contribution in [1.82, 2.24) is 19.7 Å². The number of hydrogen-bond donors (Lipinski definition) is 6. The second kappa shape index (κ2) is 5.31. The molecule has 2 aromatic heterocycles. The van der Waals surface area contributed by atoms with Crippen molar-refractivity contribution in [2.24, 2.45) is 0 Å². The predicted octanol–water partition coefficient (Wildman–Crippen LogP) is -2.34. The summed E-state index contributed by atoms with van der Waals surface area (Å²) < 4.78 is 16.1. The molecule has 0 aliphatic heterocycles. The Balaban J connectivity index is 2.61. The fraction of sp³-hybridized carbons (Fsp3) is 0.375. The van der Waals surface area contributed by atoms with Crippen LogP contribution in [0, 0.1) is 5.41 Å². The van der Waals surface area contributed by atoms with E-state index in [0.717, 1.165) is 0 Å². The summed E-state index contributed by atoms with van der Waals surface area (Å²) in [4.78, 5) is 27.9. The third kappa shape index (κ3) is 3.03. The van der Waals surface area contributed by atoms with Crippen LogP contribution in [0.3, 0.4) is 0 Å². The zero-order chi connectivity index (χ0) is 14.9. The van der Waals surface area contributed by atoms with E-state index in [0.29, 0.717) is 4.73 Å². The van der Waals surface area contributed by atoms with Gasteiger partial charge in [0, 0.05) is 6.42 Å². The Hall–Kier alpha value is -1.78. The van der Waals surface area contributed by atoms with Gasteiger partial charge in [-0.15, -0.1) is 4.73 Å². The van der Waals surface area contributed by atoms with Crippen LogP contribution in [0.4, 0.5) is 0 Å². The zero-order valence-electron chi connectivity index (χ0n) is 9.96. The number of imidazole rings is 1. The number of rotatable bonds is 5. The molecule has 110 valence electrons. The molecule has 12 heteroatoms. The van der Waals surface area contributed by atoms with Crippen LogP contribution in [0.2, 0.25) is 0 Å². The van der Waals surface area contributed by atoms with E-state index < -0.39 is 20.5 Å². The van der Waals surface area contributed by atoms with Crippen molar-refractivity contribution in [2.45, 2.75) is 12.5 Å². The fourth-order valence-corrected chi connectivity index (χ4v) is 1.95. The van der Waals surface area contributed by atoms with E-state index in [9.17, 15) is 9.67 Å². The number of H-pyrrole nitrogens is 1. The molecule has 2 heterocycles. The van der Waals surface area contributed by atoms with E-state index in [1.54, 1.807) is 0 Å². The van der Waals surface area contributed by atoms with Crippen LogP contribution >= 0.6 is 7.82 Å². The summed E-state index contributed by atoms with van der Waals surface area (Å²) in [5.41, 5.74) is -0.183. The van der Waals surface area contributed by atoms with E-state index in [1.165, 1.54) is 6.33 Å². The van der Waals surface area contributed by atoms with E-state index in [-0.39, 0.29) is 28.9 Å². The average molecular weight is 305 g/mol. The summed E-state index contributed by atoms with van der Waals surface area (Å²) in [5.74, 6) is -0.153. The first-order chi connectivity index (χ1) is 9.31. The number of aromatic nitrogens is 4. The molecule has 2 rings (SSSR count). The highest BCUT2D eigenvalue weighted by atomic mass is 31.2. The van der Waals surface area contributed by atoms with Gasteiger partial charge in [0.1, 0.15) is 5.52 Å². The van der Waals surface area contributed by atoms with E-state index in [1.807, 2.05) is 0 Å². The van der Waals surface area contributed by atoms with Gasteiger partial charge in [0.2, 0.25) is 0 Å². The predicted molar refractivity (Wildman–Crippen MR) is 63.2 cm³/mol. The maximum absolute atomic E-state index is 11.0. The average Bonchev–Trinajstić information content (AvgIpc) is 2.82. The lowest BCUT2D eigenvalue weighted by atomic mass is 10.2. The molecule has 2 aromatic rings. The molecule has 0 aromatic carbocycles. The normalized spacial score (nSPS) is 13.6. The van der Waals surface area contributed by atoms with Gasteiger partial charge in [0.15, 0.2) is 17.0 Å². The van der Waals surface area contributed by atoms with Crippen LogP contribution in [0.5, 0.6) is 0 Å². The number of nitrogens with one attached hydrogen (secondary N) is 2. The van der Waals surface area contributed by atoms with Gasteiger partial charge in [0.05, 0.1) is 19.0 Å². The SMILES string of the molecule is N=c1nc(CC(O)CO)n(OP(=O)(O)O)c2nc[nH]c12. The monoisotopic (exact) mass is 305 g/mol. The van der Waals surface area contributed by atoms with Gasteiger partial charge in [-0.05, 0) is 0 Å². The second-order valence-corrected chi connectivity index (χ2v) is 5.03. The van der Waals surface area contributed by atoms with E-state index in [4.69, 9.17) is 20.3 Å². The first-order valence-electron chi connectivity index (χ1n) is 5.36. The summed E-state index contributed by atoms with van der Waals surface area (Å²) in [7, 11) is -4.90. The van der Waals surface area contributed by atoms with E-state index in [2.05, 4.69) is 19.6 Å². The third-order valence-corrected chi connectivity index (χ3v) is 2.72. The third-order valence-electron chi connectivity index (χ3n) is 2.34. The molecule has 0 fully saturated rings. The lowest BCUT2D eigenvalue weighted by Gasteiger charge is -2.15. The van der Waals surface area contributed by atoms with Gasteiger partial charge >= 0.3 is 7.82 Å². The molecule has 0 aliphatic carbocycles. The highest BCUT2D eigenvalue weighted by Crippen LogP contribution is 2.32. The van der Waals surface area contributed by atoms with Gasteiger partial charge in [-0.1, -0.05) is 0 Å². The summed E-state index contributed by atoms with van der Waals surface area (Å²) in [6.45, 7) is -0.580. The van der Waals surface area contributed by atoms with Crippen LogP contribution in [0.15, 0.2) is 6.33 Å². The Bertz CT molecular complexity index is 720. The fourth-order valence-electron chi connectivity index (χ4n) is 1.56. The first-order valence-corrected chi connectivity index (χ1v) is 6.89. The van der Waals surface area contributed by atoms with Crippen LogP contribution in [-0.4, -0.2) is 52.4 Å². The minimum absolute atomic E-state index is 0.0616. The zero-order valence-corrected chi connectivity index (χ0v) is 10.9. The molecule has 1 atom stereocenters. The molecular weight excluding hydrogens is 293 g/mol. The molecule has 6 N–H and O–H groups in total. The van der Waals surface area contributed by atoms with Crippen molar-refractivity contribution in [1.29, 1.82) is 5.41 Å². The highest BCUT2D eigenvalue weighted by Gasteiger charge is 2.23. The number of aliphatic hydroxyl groups excluding tert-OH is 2. The lowest BCUT2D eigenvalue weighted by molar-refractivity contribution is 0.0876. The van der Waals surface area contributed by atoms with Gasteiger partial charge < -0.3 is 19.8 Å². The molecule has 11 nitrogen and oxygen atoms in total. The Morgan fingerprint density at radius 1 is 1.55 bits per heavy atom. The molecule has 0 saturated heterocycles. The van der Waals surface area contributed by atoms with Crippen LogP contribution in [0.25, 0.3) is 11.2 Å². The van der Waals surface area contributed by atoms with Crippen LogP contribution in [-0.2, 0) is 11.0 Å². The van der Waals surface area contributed by atoms with Gasteiger partial charge in [-0.3, -0.25) is 15.2 Å². The molecule has 0 spiro atoms. The van der Waals surface area contributed by atoms with Gasteiger partial charge in [-0.25, -0.2) is 14.5 Å². The molecule has 0 radical (unpaired) electrons. The van der Waals surface area contributed by atoms with Crippen molar-refractivity contribution in [3.05, 3.63) is 17.6 Å². The second-order valence-electron chi connectivity index (χ2n) is 3.88. The minimum Gasteiger partial charge on any atom is -0.394 e. The molecular formula is C8H12N5O6P. The van der Waals surface area contributed by atoms with Crippen molar-refractivity contribution >= 4 is 19.0 Å². The Morgan fingerprint density at radius 3 is 2.85 bits per heavy atom. The van der Waals surface area contributed by atoms with Crippen LogP contribution < -0.4 is 10.1 Å². The largest absolute Gasteiger partial charge is 0.543 e. The molecule has 0 bridgehead atoms.